The fraction of sp³-hybridized carbons (Fsp3) is 0.733. The predicted molar refractivity (Wildman–Crippen MR) is 83.0 cm³/mol. The van der Waals surface area contributed by atoms with Crippen LogP contribution < -0.4 is 10.1 Å². The van der Waals surface area contributed by atoms with Crippen LogP contribution in [0.4, 0.5) is 5.82 Å². The SMILES string of the molecule is CCCc1nc(NCC)cc(OCCOCCCOC)n1. The second kappa shape index (κ2) is 11.3. The number of anilines is 1. The highest BCUT2D eigenvalue weighted by molar-refractivity contribution is 5.38. The molecule has 0 atom stereocenters. The molecule has 6 heteroatoms. The maximum Gasteiger partial charge on any atom is 0.218 e. The molecule has 1 heterocycles. The van der Waals surface area contributed by atoms with Crippen molar-refractivity contribution in [2.24, 2.45) is 0 Å². The van der Waals surface area contributed by atoms with Crippen LogP contribution in [0.25, 0.3) is 0 Å². The molecule has 21 heavy (non-hydrogen) atoms. The monoisotopic (exact) mass is 297 g/mol. The number of rotatable bonds is 12. The minimum atomic E-state index is 0.487. The number of ether oxygens (including phenoxy) is 3. The van der Waals surface area contributed by atoms with E-state index in [-0.39, 0.29) is 0 Å². The molecule has 0 unspecified atom stereocenters. The number of nitrogens with one attached hydrogen (secondary N) is 1. The van der Waals surface area contributed by atoms with Gasteiger partial charge in [0.25, 0.3) is 0 Å². The number of aryl methyl sites for hydroxylation is 1. The van der Waals surface area contributed by atoms with Gasteiger partial charge in [0.05, 0.1) is 6.61 Å². The number of methoxy groups -OCH3 is 1. The minimum Gasteiger partial charge on any atom is -0.475 e. The van der Waals surface area contributed by atoms with Crippen molar-refractivity contribution in [3.63, 3.8) is 0 Å². The van der Waals surface area contributed by atoms with Crippen LogP contribution >= 0.6 is 0 Å². The van der Waals surface area contributed by atoms with E-state index >= 15 is 0 Å². The van der Waals surface area contributed by atoms with Gasteiger partial charge in [0, 0.05) is 39.4 Å². The van der Waals surface area contributed by atoms with E-state index in [0.29, 0.717) is 25.7 Å². The summed E-state index contributed by atoms with van der Waals surface area (Å²) in [5.41, 5.74) is 0. The van der Waals surface area contributed by atoms with Gasteiger partial charge in [0.15, 0.2) is 0 Å². The van der Waals surface area contributed by atoms with Crippen molar-refractivity contribution in [2.75, 3.05) is 45.4 Å². The summed E-state index contributed by atoms with van der Waals surface area (Å²) in [5, 5.41) is 3.20. The summed E-state index contributed by atoms with van der Waals surface area (Å²) >= 11 is 0. The van der Waals surface area contributed by atoms with Gasteiger partial charge in [0.2, 0.25) is 5.88 Å². The van der Waals surface area contributed by atoms with Crippen LogP contribution in [0.15, 0.2) is 6.07 Å². The van der Waals surface area contributed by atoms with E-state index in [2.05, 4.69) is 22.2 Å². The van der Waals surface area contributed by atoms with Crippen molar-refractivity contribution in [1.29, 1.82) is 0 Å². The first-order valence-electron chi connectivity index (χ1n) is 7.61. The van der Waals surface area contributed by atoms with Crippen molar-refractivity contribution in [1.82, 2.24) is 9.97 Å². The second-order valence-electron chi connectivity index (χ2n) is 4.60. The lowest BCUT2D eigenvalue weighted by Gasteiger charge is -2.10. The van der Waals surface area contributed by atoms with Gasteiger partial charge in [-0.1, -0.05) is 6.92 Å². The first kappa shape index (κ1) is 17.7. The molecule has 0 aliphatic rings. The third-order valence-electron chi connectivity index (χ3n) is 2.70. The summed E-state index contributed by atoms with van der Waals surface area (Å²) in [7, 11) is 1.69. The summed E-state index contributed by atoms with van der Waals surface area (Å²) in [5.74, 6) is 2.23. The van der Waals surface area contributed by atoms with Crippen LogP contribution in [0.3, 0.4) is 0 Å². The Hall–Kier alpha value is -1.40. The minimum absolute atomic E-state index is 0.487. The topological polar surface area (TPSA) is 65.5 Å². The molecule has 1 rings (SSSR count). The van der Waals surface area contributed by atoms with Gasteiger partial charge >= 0.3 is 0 Å². The quantitative estimate of drug-likeness (QED) is 0.597. The summed E-state index contributed by atoms with van der Waals surface area (Å²) in [4.78, 5) is 8.85. The zero-order valence-electron chi connectivity index (χ0n) is 13.4. The Morgan fingerprint density at radius 1 is 1.10 bits per heavy atom. The van der Waals surface area contributed by atoms with Crippen LogP contribution in [0, 0.1) is 0 Å². The molecule has 1 N–H and O–H groups in total. The molecule has 0 saturated carbocycles. The summed E-state index contributed by atoms with van der Waals surface area (Å²) in [6.45, 7) is 7.41. The second-order valence-corrected chi connectivity index (χ2v) is 4.60. The number of hydrogen-bond acceptors (Lipinski definition) is 6. The van der Waals surface area contributed by atoms with Crippen molar-refractivity contribution < 1.29 is 14.2 Å². The van der Waals surface area contributed by atoms with Crippen molar-refractivity contribution >= 4 is 5.82 Å². The Morgan fingerprint density at radius 3 is 2.67 bits per heavy atom. The highest BCUT2D eigenvalue weighted by atomic mass is 16.5. The number of aromatic nitrogens is 2. The van der Waals surface area contributed by atoms with Crippen LogP contribution in [-0.4, -0.2) is 50.1 Å². The van der Waals surface area contributed by atoms with Crippen molar-refractivity contribution in [3.8, 4) is 5.88 Å². The van der Waals surface area contributed by atoms with E-state index in [4.69, 9.17) is 14.2 Å². The maximum absolute atomic E-state index is 5.64. The Kier molecular flexibility index (Phi) is 9.48. The summed E-state index contributed by atoms with van der Waals surface area (Å²) in [6.07, 6.45) is 2.76. The van der Waals surface area contributed by atoms with E-state index < -0.39 is 0 Å². The lowest BCUT2D eigenvalue weighted by Crippen LogP contribution is -2.11. The number of nitrogens with zero attached hydrogens (tertiary/aromatic N) is 2. The van der Waals surface area contributed by atoms with Gasteiger partial charge in [-0.05, 0) is 19.8 Å². The largest absolute Gasteiger partial charge is 0.475 e. The van der Waals surface area contributed by atoms with Gasteiger partial charge in [-0.15, -0.1) is 0 Å². The predicted octanol–water partition coefficient (Wildman–Crippen LogP) is 2.29. The summed E-state index contributed by atoms with van der Waals surface area (Å²) < 4.78 is 16.0. The van der Waals surface area contributed by atoms with Crippen LogP contribution in [0.2, 0.25) is 0 Å². The molecule has 0 aromatic carbocycles. The van der Waals surface area contributed by atoms with Crippen molar-refractivity contribution in [2.45, 2.75) is 33.1 Å². The average Bonchev–Trinajstić information content (AvgIpc) is 2.47. The molecule has 1 aromatic heterocycles. The highest BCUT2D eigenvalue weighted by Crippen LogP contribution is 2.14. The van der Waals surface area contributed by atoms with Crippen LogP contribution in [-0.2, 0) is 15.9 Å². The Labute approximate surface area is 127 Å². The Bertz CT molecular complexity index is 364. The Morgan fingerprint density at radius 2 is 1.95 bits per heavy atom. The molecular formula is C15H27N3O3. The fourth-order valence-corrected chi connectivity index (χ4v) is 1.77. The molecule has 0 bridgehead atoms. The highest BCUT2D eigenvalue weighted by Gasteiger charge is 2.05. The zero-order valence-corrected chi connectivity index (χ0v) is 13.4. The van der Waals surface area contributed by atoms with Gasteiger partial charge < -0.3 is 19.5 Å². The molecule has 6 nitrogen and oxygen atoms in total. The first-order valence-corrected chi connectivity index (χ1v) is 7.61. The molecule has 0 amide bonds. The molecule has 0 fully saturated rings. The molecule has 0 saturated heterocycles. The first-order chi connectivity index (χ1) is 10.3. The van der Waals surface area contributed by atoms with Gasteiger partial charge in [-0.3, -0.25) is 0 Å². The van der Waals surface area contributed by atoms with Crippen LogP contribution in [0.5, 0.6) is 5.88 Å². The van der Waals surface area contributed by atoms with E-state index in [9.17, 15) is 0 Å². The molecule has 120 valence electrons. The van der Waals surface area contributed by atoms with Gasteiger partial charge in [0.1, 0.15) is 18.2 Å². The average molecular weight is 297 g/mol. The molecule has 0 aliphatic carbocycles. The normalized spacial score (nSPS) is 10.6. The standard InChI is InChI=1S/C15H27N3O3/c1-4-7-13-17-14(16-5-2)12-15(18-13)21-11-10-20-9-6-8-19-3/h12H,4-11H2,1-3H3,(H,16,17,18). The van der Waals surface area contributed by atoms with E-state index in [1.807, 2.05) is 13.0 Å². The lowest BCUT2D eigenvalue weighted by atomic mass is 10.3. The van der Waals surface area contributed by atoms with E-state index in [1.54, 1.807) is 7.11 Å². The van der Waals surface area contributed by atoms with E-state index in [1.165, 1.54) is 0 Å². The zero-order chi connectivity index (χ0) is 15.3. The molecule has 0 aliphatic heterocycles. The third-order valence-corrected chi connectivity index (χ3v) is 2.70. The number of hydrogen-bond donors (Lipinski definition) is 1. The molecular weight excluding hydrogens is 270 g/mol. The molecule has 1 aromatic rings. The smallest absolute Gasteiger partial charge is 0.218 e. The molecule has 0 spiro atoms. The van der Waals surface area contributed by atoms with Gasteiger partial charge in [-0.25, -0.2) is 4.98 Å². The van der Waals surface area contributed by atoms with Crippen molar-refractivity contribution in [3.05, 3.63) is 11.9 Å². The summed E-state index contributed by atoms with van der Waals surface area (Å²) in [6, 6.07) is 1.83. The van der Waals surface area contributed by atoms with Crippen LogP contribution in [0.1, 0.15) is 32.5 Å². The molecule has 0 radical (unpaired) electrons. The maximum atomic E-state index is 5.64. The third kappa shape index (κ3) is 7.82. The Balaban J connectivity index is 2.38. The fourth-order valence-electron chi connectivity index (χ4n) is 1.77. The van der Waals surface area contributed by atoms with E-state index in [0.717, 1.165) is 44.1 Å². The lowest BCUT2D eigenvalue weighted by molar-refractivity contribution is 0.0795. The van der Waals surface area contributed by atoms with Gasteiger partial charge in [-0.2, -0.15) is 4.98 Å².